The molecule has 0 atom stereocenters. The highest BCUT2D eigenvalue weighted by atomic mass is 13.8. The van der Waals surface area contributed by atoms with Gasteiger partial charge in [-0.2, -0.15) is 0 Å². The normalized spacial score (nSPS) is 7.73. The van der Waals surface area contributed by atoms with Crippen LogP contribution in [0.4, 0.5) is 0 Å². The summed E-state index contributed by atoms with van der Waals surface area (Å²) >= 11 is 0. The standard InChI is InChI=1S/C11H16/c1-9(2)6-7-11(5)8-10(3)4/h7H,1-5H3. The van der Waals surface area contributed by atoms with Crippen molar-refractivity contribution >= 4 is 0 Å². The van der Waals surface area contributed by atoms with Crippen molar-refractivity contribution in [1.29, 1.82) is 0 Å². The summed E-state index contributed by atoms with van der Waals surface area (Å²) in [4.78, 5) is 0. The van der Waals surface area contributed by atoms with Crippen molar-refractivity contribution in [3.8, 4) is 0 Å². The van der Waals surface area contributed by atoms with Gasteiger partial charge < -0.3 is 0 Å². The van der Waals surface area contributed by atoms with Crippen LogP contribution < -0.4 is 0 Å². The molecule has 0 fully saturated rings. The van der Waals surface area contributed by atoms with E-state index in [0.717, 1.165) is 5.57 Å². The van der Waals surface area contributed by atoms with Crippen molar-refractivity contribution in [2.24, 2.45) is 0 Å². The third-order valence-corrected chi connectivity index (χ3v) is 1.02. The number of hydrogen-bond acceptors (Lipinski definition) is 0. The van der Waals surface area contributed by atoms with E-state index in [9.17, 15) is 0 Å². The Balaban J connectivity index is 4.70. The molecule has 0 heterocycles. The average Bonchev–Trinajstić information content (AvgIpc) is 1.82. The Hall–Kier alpha value is -0.960. The maximum atomic E-state index is 3.20. The van der Waals surface area contributed by atoms with Crippen LogP contribution in [0.2, 0.25) is 0 Å². The van der Waals surface area contributed by atoms with E-state index < -0.39 is 0 Å². The Morgan fingerprint density at radius 2 is 1.45 bits per heavy atom. The fraction of sp³-hybridized carbons (Fsp3) is 0.455. The van der Waals surface area contributed by atoms with Gasteiger partial charge in [-0.3, -0.25) is 0 Å². The summed E-state index contributed by atoms with van der Waals surface area (Å²) < 4.78 is 0. The molecule has 0 aromatic carbocycles. The largest absolute Gasteiger partial charge is 0.121 e. The van der Waals surface area contributed by atoms with E-state index >= 15 is 0 Å². The second-order valence-electron chi connectivity index (χ2n) is 3.10. The van der Waals surface area contributed by atoms with Gasteiger partial charge in [0, 0.05) is 0 Å². The lowest BCUT2D eigenvalue weighted by Crippen LogP contribution is -1.64. The second kappa shape index (κ2) is 4.79. The van der Waals surface area contributed by atoms with E-state index in [1.165, 1.54) is 11.1 Å². The quantitative estimate of drug-likeness (QED) is 0.393. The summed E-state index contributed by atoms with van der Waals surface area (Å²) in [6.45, 7) is 10.2. The Bertz CT molecular complexity index is 244. The summed E-state index contributed by atoms with van der Waals surface area (Å²) in [7, 11) is 0. The predicted octanol–water partition coefficient (Wildman–Crippen LogP) is 3.62. The van der Waals surface area contributed by atoms with E-state index in [1.54, 1.807) is 0 Å². The molecule has 0 aliphatic carbocycles. The first-order valence-corrected chi connectivity index (χ1v) is 3.83. The third kappa shape index (κ3) is 6.93. The first-order valence-electron chi connectivity index (χ1n) is 3.83. The molecular weight excluding hydrogens is 132 g/mol. The molecule has 0 nitrogen and oxygen atoms in total. The first kappa shape index (κ1) is 10.0. The van der Waals surface area contributed by atoms with Gasteiger partial charge in [-0.15, -0.1) is 11.5 Å². The van der Waals surface area contributed by atoms with Crippen molar-refractivity contribution in [2.75, 3.05) is 0 Å². The monoisotopic (exact) mass is 148 g/mol. The van der Waals surface area contributed by atoms with Crippen LogP contribution in [0.3, 0.4) is 0 Å². The molecule has 0 unspecified atom stereocenters. The van der Waals surface area contributed by atoms with Crippen LogP contribution in [0.15, 0.2) is 34.3 Å². The van der Waals surface area contributed by atoms with Gasteiger partial charge >= 0.3 is 0 Å². The maximum absolute atomic E-state index is 3.20. The molecule has 60 valence electrons. The highest BCUT2D eigenvalue weighted by molar-refractivity contribution is 5.18. The molecule has 0 rings (SSSR count). The Morgan fingerprint density at radius 1 is 0.909 bits per heavy atom. The summed E-state index contributed by atoms with van der Waals surface area (Å²) in [5.41, 5.74) is 9.86. The molecule has 0 aliphatic rings. The molecule has 0 radical (unpaired) electrons. The van der Waals surface area contributed by atoms with Gasteiger partial charge in [0.05, 0.1) is 0 Å². The van der Waals surface area contributed by atoms with E-state index in [4.69, 9.17) is 0 Å². The molecule has 0 spiro atoms. The second-order valence-corrected chi connectivity index (χ2v) is 3.10. The van der Waals surface area contributed by atoms with E-state index in [2.05, 4.69) is 11.5 Å². The van der Waals surface area contributed by atoms with Gasteiger partial charge in [0.2, 0.25) is 0 Å². The lowest BCUT2D eigenvalue weighted by molar-refractivity contribution is 1.37. The topological polar surface area (TPSA) is 0 Å². The van der Waals surface area contributed by atoms with Crippen molar-refractivity contribution in [1.82, 2.24) is 0 Å². The zero-order valence-electron chi connectivity index (χ0n) is 8.08. The van der Waals surface area contributed by atoms with E-state index in [1.807, 2.05) is 40.7 Å². The van der Waals surface area contributed by atoms with E-state index in [0.29, 0.717) is 0 Å². The zero-order valence-corrected chi connectivity index (χ0v) is 8.08. The van der Waals surface area contributed by atoms with Gasteiger partial charge in [0.15, 0.2) is 0 Å². The summed E-state index contributed by atoms with van der Waals surface area (Å²) in [5, 5.41) is 0. The molecule has 0 saturated heterocycles. The third-order valence-electron chi connectivity index (χ3n) is 1.02. The molecule has 0 heteroatoms. The van der Waals surface area contributed by atoms with Gasteiger partial charge in [-0.25, -0.2) is 0 Å². The van der Waals surface area contributed by atoms with Crippen LogP contribution in [0, 0.1) is 0 Å². The van der Waals surface area contributed by atoms with Crippen LogP contribution in [-0.4, -0.2) is 0 Å². The van der Waals surface area contributed by atoms with Crippen LogP contribution in [0.1, 0.15) is 34.6 Å². The Morgan fingerprint density at radius 3 is 1.82 bits per heavy atom. The SMILES string of the molecule is CC(C)=C=CC(C)=C=C(C)C. The summed E-state index contributed by atoms with van der Waals surface area (Å²) in [6, 6.07) is 0. The van der Waals surface area contributed by atoms with Crippen molar-refractivity contribution < 1.29 is 0 Å². The minimum absolute atomic E-state index is 1.13. The fourth-order valence-corrected chi connectivity index (χ4v) is 0.683. The lowest BCUT2D eigenvalue weighted by Gasteiger charge is -1.83. The minimum atomic E-state index is 1.13. The Kier molecular flexibility index (Phi) is 4.38. The van der Waals surface area contributed by atoms with E-state index in [-0.39, 0.29) is 0 Å². The average molecular weight is 148 g/mol. The zero-order chi connectivity index (χ0) is 8.85. The molecule has 0 bridgehead atoms. The fourth-order valence-electron chi connectivity index (χ4n) is 0.683. The molecule has 0 aromatic rings. The molecule has 0 aromatic heterocycles. The van der Waals surface area contributed by atoms with Crippen molar-refractivity contribution in [2.45, 2.75) is 34.6 Å². The maximum Gasteiger partial charge on any atom is -0.00151 e. The Labute approximate surface area is 69.6 Å². The van der Waals surface area contributed by atoms with Crippen molar-refractivity contribution in [3.63, 3.8) is 0 Å². The van der Waals surface area contributed by atoms with Gasteiger partial charge in [0.25, 0.3) is 0 Å². The lowest BCUT2D eigenvalue weighted by atomic mass is 10.2. The molecule has 0 saturated carbocycles. The number of rotatable bonds is 1. The molecule has 0 aliphatic heterocycles. The molecular formula is C11H16. The van der Waals surface area contributed by atoms with Gasteiger partial charge in [0.1, 0.15) is 0 Å². The smallest absolute Gasteiger partial charge is 0.00151 e. The summed E-state index contributed by atoms with van der Waals surface area (Å²) in [6.07, 6.45) is 1.96. The predicted molar refractivity (Wildman–Crippen MR) is 50.5 cm³/mol. The van der Waals surface area contributed by atoms with Crippen LogP contribution in [-0.2, 0) is 0 Å². The van der Waals surface area contributed by atoms with Crippen LogP contribution in [0.5, 0.6) is 0 Å². The highest BCUT2D eigenvalue weighted by Crippen LogP contribution is 1.95. The molecule has 0 N–H and O–H groups in total. The van der Waals surface area contributed by atoms with Gasteiger partial charge in [-0.1, -0.05) is 0 Å². The molecule has 11 heavy (non-hydrogen) atoms. The van der Waals surface area contributed by atoms with Crippen molar-refractivity contribution in [3.05, 3.63) is 34.3 Å². The molecule has 0 amide bonds. The number of hydrogen-bond donors (Lipinski definition) is 0. The van der Waals surface area contributed by atoms with Gasteiger partial charge in [-0.05, 0) is 57.4 Å². The first-order chi connectivity index (χ1) is 5.02. The van der Waals surface area contributed by atoms with Crippen LogP contribution in [0.25, 0.3) is 0 Å². The number of allylic oxidation sites excluding steroid dienone is 2. The summed E-state index contributed by atoms with van der Waals surface area (Å²) in [5.74, 6) is 0. The minimum Gasteiger partial charge on any atom is -0.121 e. The van der Waals surface area contributed by atoms with Crippen LogP contribution >= 0.6 is 0 Å². The highest BCUT2D eigenvalue weighted by Gasteiger charge is 1.76.